The molecule has 4 nitrogen and oxygen atoms in total. The number of nitrogen functional groups attached to an aromatic ring is 1. The molecule has 0 saturated heterocycles. The van der Waals surface area contributed by atoms with Gasteiger partial charge in [-0.05, 0) is 30.0 Å². The van der Waals surface area contributed by atoms with Crippen LogP contribution in [0.2, 0.25) is 5.02 Å². The molecule has 3 N–H and O–H groups in total. The van der Waals surface area contributed by atoms with Gasteiger partial charge in [0.25, 0.3) is 0 Å². The largest absolute Gasteiger partial charge is 0.399 e. The lowest BCUT2D eigenvalue weighted by molar-refractivity contribution is -0.117. The van der Waals surface area contributed by atoms with E-state index in [1.807, 2.05) is 0 Å². The van der Waals surface area contributed by atoms with Crippen LogP contribution in [0.1, 0.15) is 27.7 Å². The smallest absolute Gasteiger partial charge is 0.238 e. The number of amides is 1. The lowest BCUT2D eigenvalue weighted by Crippen LogP contribution is -2.38. The van der Waals surface area contributed by atoms with Crippen LogP contribution >= 0.6 is 11.6 Å². The first-order valence-corrected chi connectivity index (χ1v) is 7.73. The van der Waals surface area contributed by atoms with Crippen LogP contribution < -0.4 is 11.1 Å². The van der Waals surface area contributed by atoms with Crippen molar-refractivity contribution in [3.05, 3.63) is 23.2 Å². The molecular weight excluding hydrogens is 286 g/mol. The van der Waals surface area contributed by atoms with Crippen LogP contribution in [0.4, 0.5) is 11.4 Å². The molecule has 0 aliphatic heterocycles. The number of hydrogen-bond acceptors (Lipinski definition) is 3. The van der Waals surface area contributed by atoms with Crippen LogP contribution in [-0.2, 0) is 4.79 Å². The molecule has 1 amide bonds. The Balaban J connectivity index is 2.64. The molecule has 0 unspecified atom stereocenters. The van der Waals surface area contributed by atoms with E-state index in [9.17, 15) is 4.79 Å². The van der Waals surface area contributed by atoms with Crippen LogP contribution in [-0.4, -0.2) is 30.4 Å². The van der Waals surface area contributed by atoms with E-state index in [1.165, 1.54) is 0 Å². The summed E-state index contributed by atoms with van der Waals surface area (Å²) in [7, 11) is 0. The van der Waals surface area contributed by atoms with Crippen molar-refractivity contribution in [2.45, 2.75) is 27.7 Å². The lowest BCUT2D eigenvalue weighted by atomic mass is 10.1. The first-order valence-electron chi connectivity index (χ1n) is 7.35. The van der Waals surface area contributed by atoms with Gasteiger partial charge in [0, 0.05) is 18.8 Å². The molecule has 0 saturated carbocycles. The van der Waals surface area contributed by atoms with Gasteiger partial charge in [0.2, 0.25) is 5.91 Å². The minimum atomic E-state index is -0.0528. The van der Waals surface area contributed by atoms with Crippen LogP contribution in [0.3, 0.4) is 0 Å². The summed E-state index contributed by atoms with van der Waals surface area (Å²) in [4.78, 5) is 14.4. The quantitative estimate of drug-likeness (QED) is 0.758. The molecule has 0 fully saturated rings. The molecule has 0 atom stereocenters. The van der Waals surface area contributed by atoms with Gasteiger partial charge in [-0.2, -0.15) is 0 Å². The maximum absolute atomic E-state index is 12.2. The number of carbonyl (C=O) groups is 1. The summed E-state index contributed by atoms with van der Waals surface area (Å²) >= 11 is 6.07. The fraction of sp³-hybridized carbons (Fsp3) is 0.562. The number of carbonyl (C=O) groups excluding carboxylic acids is 1. The highest BCUT2D eigenvalue weighted by atomic mass is 35.5. The summed E-state index contributed by atoms with van der Waals surface area (Å²) < 4.78 is 0. The van der Waals surface area contributed by atoms with Crippen LogP contribution in [0.5, 0.6) is 0 Å². The normalized spacial score (nSPS) is 11.4. The van der Waals surface area contributed by atoms with Crippen molar-refractivity contribution >= 4 is 28.9 Å². The number of nitrogens with two attached hydrogens (primary N) is 1. The number of nitrogens with zero attached hydrogens (tertiary/aromatic N) is 1. The summed E-state index contributed by atoms with van der Waals surface area (Å²) in [6, 6.07) is 5.09. The minimum Gasteiger partial charge on any atom is -0.399 e. The Hall–Kier alpha value is -1.26. The van der Waals surface area contributed by atoms with Crippen LogP contribution in [0, 0.1) is 11.8 Å². The second-order valence-electron chi connectivity index (χ2n) is 6.27. The highest BCUT2D eigenvalue weighted by Crippen LogP contribution is 2.23. The summed E-state index contributed by atoms with van der Waals surface area (Å²) in [6.07, 6.45) is 0. The third-order valence-corrected chi connectivity index (χ3v) is 3.19. The van der Waals surface area contributed by atoms with E-state index < -0.39 is 0 Å². The molecule has 5 heteroatoms. The third-order valence-electron chi connectivity index (χ3n) is 2.88. The van der Waals surface area contributed by atoms with E-state index in [0.29, 0.717) is 34.8 Å². The highest BCUT2D eigenvalue weighted by Gasteiger charge is 2.14. The Morgan fingerprint density at radius 1 is 1.24 bits per heavy atom. The zero-order valence-corrected chi connectivity index (χ0v) is 14.1. The standard InChI is InChI=1S/C16H26ClN3O/c1-11(2)8-20(9-12(3)4)10-16(21)19-15-6-5-13(18)7-14(15)17/h5-7,11-12H,8-10,18H2,1-4H3,(H,19,21). The molecule has 21 heavy (non-hydrogen) atoms. The van der Waals surface area contributed by atoms with Gasteiger partial charge in [-0.3, -0.25) is 9.69 Å². The van der Waals surface area contributed by atoms with E-state index >= 15 is 0 Å². The van der Waals surface area contributed by atoms with Crippen molar-refractivity contribution in [1.82, 2.24) is 4.90 Å². The molecule has 0 aliphatic rings. The molecule has 1 aromatic rings. The zero-order valence-electron chi connectivity index (χ0n) is 13.3. The zero-order chi connectivity index (χ0) is 16.0. The molecule has 1 rings (SSSR count). The molecule has 0 bridgehead atoms. The number of halogens is 1. The van der Waals surface area contributed by atoms with E-state index in [0.717, 1.165) is 13.1 Å². The minimum absolute atomic E-state index is 0.0528. The van der Waals surface area contributed by atoms with Gasteiger partial charge >= 0.3 is 0 Å². The molecule has 0 aliphatic carbocycles. The first-order chi connectivity index (χ1) is 9.77. The SMILES string of the molecule is CC(C)CN(CC(=O)Nc1ccc(N)cc1Cl)CC(C)C. The molecule has 0 heterocycles. The molecule has 0 spiro atoms. The maximum atomic E-state index is 12.2. The van der Waals surface area contributed by atoms with Gasteiger partial charge in [0.05, 0.1) is 17.3 Å². The Bertz CT molecular complexity index is 465. The predicted octanol–water partition coefficient (Wildman–Crippen LogP) is 3.47. The van der Waals surface area contributed by atoms with Crippen LogP contribution in [0.15, 0.2) is 18.2 Å². The summed E-state index contributed by atoms with van der Waals surface area (Å²) in [5, 5.41) is 3.31. The Morgan fingerprint density at radius 3 is 2.29 bits per heavy atom. The van der Waals surface area contributed by atoms with E-state index in [-0.39, 0.29) is 5.91 Å². The fourth-order valence-corrected chi connectivity index (χ4v) is 2.50. The molecule has 0 aromatic heterocycles. The lowest BCUT2D eigenvalue weighted by Gasteiger charge is -2.25. The summed E-state index contributed by atoms with van der Waals surface area (Å²) in [6.45, 7) is 10.8. The van der Waals surface area contributed by atoms with Crippen molar-refractivity contribution in [1.29, 1.82) is 0 Å². The van der Waals surface area contributed by atoms with Gasteiger partial charge in [0.15, 0.2) is 0 Å². The van der Waals surface area contributed by atoms with Crippen molar-refractivity contribution in [3.8, 4) is 0 Å². The predicted molar refractivity (Wildman–Crippen MR) is 90.6 cm³/mol. The molecule has 0 radical (unpaired) electrons. The number of nitrogens with one attached hydrogen (secondary N) is 1. The third kappa shape index (κ3) is 6.82. The summed E-state index contributed by atoms with van der Waals surface area (Å²) in [5.74, 6) is 0.997. The van der Waals surface area contributed by atoms with Crippen molar-refractivity contribution in [3.63, 3.8) is 0 Å². The Labute approximate surface area is 132 Å². The average molecular weight is 312 g/mol. The number of hydrogen-bond donors (Lipinski definition) is 2. The van der Waals surface area contributed by atoms with E-state index in [4.69, 9.17) is 17.3 Å². The summed E-state index contributed by atoms with van der Waals surface area (Å²) in [5.41, 5.74) is 6.83. The van der Waals surface area contributed by atoms with Crippen molar-refractivity contribution < 1.29 is 4.79 Å². The van der Waals surface area contributed by atoms with Crippen LogP contribution in [0.25, 0.3) is 0 Å². The van der Waals surface area contributed by atoms with Gasteiger partial charge in [0.1, 0.15) is 0 Å². The molecular formula is C16H26ClN3O. The van der Waals surface area contributed by atoms with Crippen molar-refractivity contribution in [2.75, 3.05) is 30.7 Å². The van der Waals surface area contributed by atoms with Gasteiger partial charge in [-0.1, -0.05) is 39.3 Å². The molecule has 118 valence electrons. The molecule has 1 aromatic carbocycles. The Morgan fingerprint density at radius 2 is 1.81 bits per heavy atom. The van der Waals surface area contributed by atoms with E-state index in [1.54, 1.807) is 18.2 Å². The first kappa shape index (κ1) is 17.8. The topological polar surface area (TPSA) is 58.4 Å². The van der Waals surface area contributed by atoms with Gasteiger partial charge in [-0.15, -0.1) is 0 Å². The number of anilines is 2. The van der Waals surface area contributed by atoms with Crippen molar-refractivity contribution in [2.24, 2.45) is 11.8 Å². The van der Waals surface area contributed by atoms with E-state index in [2.05, 4.69) is 37.9 Å². The average Bonchev–Trinajstić information content (AvgIpc) is 2.30. The number of rotatable bonds is 7. The second kappa shape index (κ2) is 8.25. The van der Waals surface area contributed by atoms with Gasteiger partial charge in [-0.25, -0.2) is 0 Å². The maximum Gasteiger partial charge on any atom is 0.238 e. The highest BCUT2D eigenvalue weighted by molar-refractivity contribution is 6.34. The second-order valence-corrected chi connectivity index (χ2v) is 6.68. The Kier molecular flexibility index (Phi) is 6.99. The fourth-order valence-electron chi connectivity index (χ4n) is 2.26. The van der Waals surface area contributed by atoms with Gasteiger partial charge < -0.3 is 11.1 Å². The monoisotopic (exact) mass is 311 g/mol. The number of benzene rings is 1.